The molecule has 3 rings (SSSR count). The van der Waals surface area contributed by atoms with E-state index < -0.39 is 0 Å². The highest BCUT2D eigenvalue weighted by atomic mass is 15.3. The molecule has 0 aliphatic carbocycles. The molecule has 2 heteroatoms. The van der Waals surface area contributed by atoms with Gasteiger partial charge in [0.25, 0.3) is 0 Å². The summed E-state index contributed by atoms with van der Waals surface area (Å²) in [4.78, 5) is 2.32. The van der Waals surface area contributed by atoms with Crippen LogP contribution in [0, 0.1) is 52.4 Å². The quantitative estimate of drug-likeness (QED) is 0.595. The van der Waals surface area contributed by atoms with E-state index in [4.69, 9.17) is 12.8 Å². The van der Waals surface area contributed by atoms with Crippen LogP contribution >= 0.6 is 0 Å². The van der Waals surface area contributed by atoms with Crippen molar-refractivity contribution in [3.05, 3.63) is 57.6 Å². The van der Waals surface area contributed by atoms with E-state index >= 15 is 0 Å². The lowest BCUT2D eigenvalue weighted by atomic mass is 10.0. The number of hydrogen-bond acceptors (Lipinski definition) is 1. The summed E-state index contributed by atoms with van der Waals surface area (Å²) in [5, 5.41) is 0. The monoisotopic (exact) mass is 327 g/mol. The van der Waals surface area contributed by atoms with Gasteiger partial charge in [0.2, 0.25) is 6.34 Å². The number of benzene rings is 2. The lowest BCUT2D eigenvalue weighted by Crippen LogP contribution is -2.20. The van der Waals surface area contributed by atoms with E-state index in [1.807, 2.05) is 0 Å². The van der Waals surface area contributed by atoms with Crippen LogP contribution in [0.25, 0.3) is 0 Å². The first-order chi connectivity index (χ1) is 11.9. The van der Waals surface area contributed by atoms with Gasteiger partial charge in [0, 0.05) is 11.1 Å². The van der Waals surface area contributed by atoms with Gasteiger partial charge in [-0.15, -0.1) is 12.8 Å². The van der Waals surface area contributed by atoms with Crippen LogP contribution in [0.1, 0.15) is 33.4 Å². The maximum Gasteiger partial charge on any atom is 0.244 e. The topological polar surface area (TPSA) is 6.25 Å². The van der Waals surface area contributed by atoms with Crippen molar-refractivity contribution in [2.75, 3.05) is 18.0 Å². The van der Waals surface area contributed by atoms with Crippen LogP contribution in [0.4, 0.5) is 11.4 Å². The van der Waals surface area contributed by atoms with Crippen LogP contribution in [0.15, 0.2) is 24.3 Å². The average molecular weight is 327 g/mol. The van der Waals surface area contributed by atoms with Gasteiger partial charge in [-0.1, -0.05) is 11.8 Å². The Balaban J connectivity index is 2.03. The molecule has 0 amide bonds. The molecule has 1 aliphatic rings. The molecule has 2 aromatic carbocycles. The lowest BCUT2D eigenvalue weighted by molar-refractivity contribution is -0.425. The van der Waals surface area contributed by atoms with Crippen LogP contribution in [0.2, 0.25) is 0 Å². The Morgan fingerprint density at radius 3 is 1.80 bits per heavy atom. The van der Waals surface area contributed by atoms with E-state index in [0.717, 1.165) is 24.2 Å². The van der Waals surface area contributed by atoms with Crippen LogP contribution in [0.3, 0.4) is 0 Å². The molecule has 0 N–H and O–H groups in total. The fourth-order valence-electron chi connectivity index (χ4n) is 3.82. The van der Waals surface area contributed by atoms with Crippen molar-refractivity contribution in [3.8, 4) is 24.7 Å². The zero-order valence-electron chi connectivity index (χ0n) is 15.4. The molecule has 0 bridgehead atoms. The van der Waals surface area contributed by atoms with Crippen molar-refractivity contribution in [3.63, 3.8) is 0 Å². The van der Waals surface area contributed by atoms with Crippen LogP contribution in [0.5, 0.6) is 0 Å². The first kappa shape index (κ1) is 16.9. The molecule has 2 aromatic rings. The summed E-state index contributed by atoms with van der Waals surface area (Å²) in [5.74, 6) is 5.46. The number of aryl methyl sites for hydroxylation is 4. The maximum absolute atomic E-state index is 5.55. The summed E-state index contributed by atoms with van der Waals surface area (Å²) in [6.07, 6.45) is 13.3. The van der Waals surface area contributed by atoms with E-state index in [1.165, 1.54) is 33.6 Å². The number of anilines is 1. The Bertz CT molecular complexity index is 919. The molecular weight excluding hydrogens is 304 g/mol. The van der Waals surface area contributed by atoms with E-state index in [9.17, 15) is 0 Å². The SMILES string of the molecule is C#Cc1cc(C)c(N2C=[N+](c3c(C)cc(C#C)cc3C)CC2)c(C)c1. The molecule has 0 spiro atoms. The van der Waals surface area contributed by atoms with Crippen molar-refractivity contribution >= 4 is 17.7 Å². The molecule has 25 heavy (non-hydrogen) atoms. The minimum absolute atomic E-state index is 0.936. The fraction of sp³-hybridized carbons (Fsp3) is 0.261. The predicted octanol–water partition coefficient (Wildman–Crippen LogP) is 4.08. The van der Waals surface area contributed by atoms with Gasteiger partial charge in [-0.05, 0) is 74.2 Å². The molecule has 0 aromatic heterocycles. The van der Waals surface area contributed by atoms with Gasteiger partial charge < -0.3 is 0 Å². The maximum atomic E-state index is 5.55. The van der Waals surface area contributed by atoms with Gasteiger partial charge in [0.15, 0.2) is 0 Å². The summed E-state index contributed by atoms with van der Waals surface area (Å²) in [6.45, 7) is 10.4. The van der Waals surface area contributed by atoms with Crippen molar-refractivity contribution < 1.29 is 4.58 Å². The predicted molar refractivity (Wildman–Crippen MR) is 106 cm³/mol. The Kier molecular flexibility index (Phi) is 4.39. The molecule has 0 atom stereocenters. The zero-order chi connectivity index (χ0) is 18.1. The van der Waals surface area contributed by atoms with E-state index in [-0.39, 0.29) is 0 Å². The lowest BCUT2D eigenvalue weighted by Gasteiger charge is -2.13. The Labute approximate surface area is 150 Å². The second-order valence-electron chi connectivity index (χ2n) is 6.71. The Morgan fingerprint density at radius 2 is 1.32 bits per heavy atom. The first-order valence-corrected chi connectivity index (χ1v) is 8.48. The average Bonchev–Trinajstić information content (AvgIpc) is 3.02. The summed E-state index contributed by atoms with van der Waals surface area (Å²) in [5.41, 5.74) is 9.21. The van der Waals surface area contributed by atoms with Crippen molar-refractivity contribution in [2.24, 2.45) is 0 Å². The van der Waals surface area contributed by atoms with Gasteiger partial charge in [-0.25, -0.2) is 9.48 Å². The summed E-state index contributed by atoms with van der Waals surface area (Å²) in [7, 11) is 0. The summed E-state index contributed by atoms with van der Waals surface area (Å²) in [6, 6.07) is 8.32. The van der Waals surface area contributed by atoms with E-state index in [0.29, 0.717) is 0 Å². The molecule has 1 heterocycles. The molecule has 0 saturated heterocycles. The second-order valence-corrected chi connectivity index (χ2v) is 6.71. The molecule has 0 unspecified atom stereocenters. The molecular formula is C23H23N2+. The number of nitrogens with zero attached hydrogens (tertiary/aromatic N) is 2. The van der Waals surface area contributed by atoms with Crippen LogP contribution in [-0.2, 0) is 0 Å². The zero-order valence-corrected chi connectivity index (χ0v) is 15.4. The summed E-state index contributed by atoms with van der Waals surface area (Å²) < 4.78 is 2.32. The van der Waals surface area contributed by atoms with Crippen LogP contribution in [-0.4, -0.2) is 24.0 Å². The number of terminal acetylenes is 2. The van der Waals surface area contributed by atoms with E-state index in [1.54, 1.807) is 0 Å². The van der Waals surface area contributed by atoms with Crippen molar-refractivity contribution in [1.29, 1.82) is 0 Å². The third-order valence-corrected chi connectivity index (χ3v) is 4.75. The minimum Gasteiger partial charge on any atom is -0.229 e. The highest BCUT2D eigenvalue weighted by Crippen LogP contribution is 2.30. The number of hydrogen-bond donors (Lipinski definition) is 0. The third-order valence-electron chi connectivity index (χ3n) is 4.75. The molecule has 0 fully saturated rings. The fourth-order valence-corrected chi connectivity index (χ4v) is 3.82. The molecule has 2 nitrogen and oxygen atoms in total. The minimum atomic E-state index is 0.936. The van der Waals surface area contributed by atoms with Gasteiger partial charge in [-0.3, -0.25) is 0 Å². The molecule has 1 aliphatic heterocycles. The van der Waals surface area contributed by atoms with Gasteiger partial charge in [-0.2, -0.15) is 0 Å². The summed E-state index contributed by atoms with van der Waals surface area (Å²) >= 11 is 0. The first-order valence-electron chi connectivity index (χ1n) is 8.48. The van der Waals surface area contributed by atoms with Crippen LogP contribution < -0.4 is 4.90 Å². The largest absolute Gasteiger partial charge is 0.244 e. The standard InChI is InChI=1S/C23H23N2/c1-7-20-11-16(3)22(17(4)12-20)24-9-10-25(15-24)23-18(5)13-21(8-2)14-19(23)6/h1-2,11-15H,9-10H2,3-6H3/q+1. The second kappa shape index (κ2) is 6.50. The molecule has 0 radical (unpaired) electrons. The highest BCUT2D eigenvalue weighted by Gasteiger charge is 2.27. The van der Waals surface area contributed by atoms with Crippen molar-refractivity contribution in [2.45, 2.75) is 27.7 Å². The highest BCUT2D eigenvalue weighted by molar-refractivity contribution is 5.82. The molecule has 124 valence electrons. The Morgan fingerprint density at radius 1 is 0.840 bits per heavy atom. The van der Waals surface area contributed by atoms with Crippen molar-refractivity contribution in [1.82, 2.24) is 0 Å². The van der Waals surface area contributed by atoms with Gasteiger partial charge >= 0.3 is 0 Å². The normalized spacial score (nSPS) is 13.4. The Hall–Kier alpha value is -2.97. The smallest absolute Gasteiger partial charge is 0.229 e. The van der Waals surface area contributed by atoms with E-state index in [2.05, 4.69) is 79.6 Å². The van der Waals surface area contributed by atoms with Gasteiger partial charge in [0.1, 0.15) is 24.5 Å². The number of rotatable bonds is 2. The third kappa shape index (κ3) is 3.04. The van der Waals surface area contributed by atoms with Gasteiger partial charge in [0.05, 0.1) is 0 Å². The molecule has 0 saturated carbocycles.